The topological polar surface area (TPSA) is 75.1 Å². The number of carboxylic acids is 1. The van der Waals surface area contributed by atoms with Crippen molar-refractivity contribution in [3.8, 4) is 11.4 Å². The molecule has 0 radical (unpaired) electrons. The number of rotatable bonds is 7. The third kappa shape index (κ3) is 4.74. The van der Waals surface area contributed by atoms with Crippen LogP contribution in [0.5, 0.6) is 0 Å². The molecular weight excluding hydrogens is 386 g/mol. The Labute approximate surface area is 174 Å². The number of hydrogen-bond acceptors (Lipinski definition) is 4. The lowest BCUT2D eigenvalue weighted by Crippen LogP contribution is -2.04. The molecule has 0 spiro atoms. The van der Waals surface area contributed by atoms with E-state index in [1.165, 1.54) is 5.56 Å². The monoisotopic (exact) mass is 407 g/mol. The summed E-state index contributed by atoms with van der Waals surface area (Å²) in [7, 11) is 0. The molecule has 0 atom stereocenters. The van der Waals surface area contributed by atoms with Gasteiger partial charge < -0.3 is 10.4 Å². The van der Waals surface area contributed by atoms with Crippen molar-refractivity contribution in [3.05, 3.63) is 70.4 Å². The Bertz CT molecular complexity index is 1030. The maximum atomic E-state index is 10.7. The molecule has 4 rings (SSSR count). The lowest BCUT2D eigenvalue weighted by Gasteiger charge is -2.13. The standard InChI is InChI=1S/C23H22ClN3O2/c24-17-6-2-5-16(14-17)22-26-20-8-3-7-19(20)23(27-22)25-18-12-10-15(11-13-18)4-1-9-21(28)29/h2,5-6,10-14H,1,3-4,7-9H2,(H,28,29)(H,25,26,27). The molecule has 29 heavy (non-hydrogen) atoms. The van der Waals surface area contributed by atoms with Crippen molar-refractivity contribution in [2.24, 2.45) is 0 Å². The number of carboxylic acid groups (broad SMARTS) is 1. The van der Waals surface area contributed by atoms with Gasteiger partial charge in [0.1, 0.15) is 5.82 Å². The van der Waals surface area contributed by atoms with Crippen LogP contribution in [0.1, 0.15) is 36.1 Å². The number of anilines is 2. The first kappa shape index (κ1) is 19.4. The minimum atomic E-state index is -0.753. The minimum absolute atomic E-state index is 0.194. The van der Waals surface area contributed by atoms with Crippen LogP contribution in [0, 0.1) is 0 Å². The summed E-state index contributed by atoms with van der Waals surface area (Å²) < 4.78 is 0. The van der Waals surface area contributed by atoms with Crippen LogP contribution >= 0.6 is 11.6 Å². The van der Waals surface area contributed by atoms with E-state index in [0.29, 0.717) is 17.3 Å². The summed E-state index contributed by atoms with van der Waals surface area (Å²) in [6.07, 6.45) is 4.61. The minimum Gasteiger partial charge on any atom is -0.481 e. The van der Waals surface area contributed by atoms with Crippen LogP contribution in [0.15, 0.2) is 48.5 Å². The lowest BCUT2D eigenvalue weighted by molar-refractivity contribution is -0.137. The second-order valence-corrected chi connectivity index (χ2v) is 7.69. The number of aromatic nitrogens is 2. The average molecular weight is 408 g/mol. The number of nitrogens with zero attached hydrogens (tertiary/aromatic N) is 2. The fourth-order valence-corrected chi connectivity index (χ4v) is 3.82. The van der Waals surface area contributed by atoms with Gasteiger partial charge in [0, 0.05) is 34.0 Å². The first-order valence-electron chi connectivity index (χ1n) is 9.82. The first-order valence-corrected chi connectivity index (χ1v) is 10.2. The lowest BCUT2D eigenvalue weighted by atomic mass is 10.1. The Balaban J connectivity index is 1.56. The average Bonchev–Trinajstić information content (AvgIpc) is 3.18. The summed E-state index contributed by atoms with van der Waals surface area (Å²) in [6.45, 7) is 0. The molecule has 0 bridgehead atoms. The smallest absolute Gasteiger partial charge is 0.303 e. The molecule has 148 valence electrons. The van der Waals surface area contributed by atoms with Gasteiger partial charge in [-0.1, -0.05) is 35.9 Å². The Morgan fingerprint density at radius 3 is 2.69 bits per heavy atom. The third-order valence-electron chi connectivity index (χ3n) is 5.09. The van der Waals surface area contributed by atoms with Crippen LogP contribution in [0.4, 0.5) is 11.5 Å². The Hall–Kier alpha value is -2.92. The molecule has 1 aliphatic carbocycles. The van der Waals surface area contributed by atoms with E-state index >= 15 is 0 Å². The quantitative estimate of drug-likeness (QED) is 0.545. The van der Waals surface area contributed by atoms with Crippen molar-refractivity contribution < 1.29 is 9.90 Å². The largest absolute Gasteiger partial charge is 0.481 e. The molecular formula is C23H22ClN3O2. The molecule has 0 unspecified atom stereocenters. The van der Waals surface area contributed by atoms with Crippen molar-refractivity contribution in [1.82, 2.24) is 9.97 Å². The van der Waals surface area contributed by atoms with Gasteiger partial charge in [-0.3, -0.25) is 4.79 Å². The van der Waals surface area contributed by atoms with E-state index < -0.39 is 5.97 Å². The van der Waals surface area contributed by atoms with Gasteiger partial charge in [0.2, 0.25) is 0 Å². The van der Waals surface area contributed by atoms with Gasteiger partial charge >= 0.3 is 5.97 Å². The maximum Gasteiger partial charge on any atom is 0.303 e. The molecule has 0 amide bonds. The summed E-state index contributed by atoms with van der Waals surface area (Å²) in [5, 5.41) is 12.9. The number of aliphatic carboxylic acids is 1. The molecule has 0 saturated carbocycles. The molecule has 0 fully saturated rings. The maximum absolute atomic E-state index is 10.7. The predicted molar refractivity (Wildman–Crippen MR) is 115 cm³/mol. The van der Waals surface area contributed by atoms with Crippen LogP contribution in [0.2, 0.25) is 5.02 Å². The van der Waals surface area contributed by atoms with Crippen LogP contribution < -0.4 is 5.32 Å². The van der Waals surface area contributed by atoms with Gasteiger partial charge in [-0.05, 0) is 61.9 Å². The highest BCUT2D eigenvalue weighted by Gasteiger charge is 2.20. The molecule has 0 aliphatic heterocycles. The number of aryl methyl sites for hydroxylation is 2. The van der Waals surface area contributed by atoms with E-state index in [2.05, 4.69) is 5.32 Å². The fraction of sp³-hybridized carbons (Fsp3) is 0.261. The normalized spacial score (nSPS) is 12.6. The summed E-state index contributed by atoms with van der Waals surface area (Å²) in [5.41, 5.74) is 5.27. The van der Waals surface area contributed by atoms with Gasteiger partial charge in [0.25, 0.3) is 0 Å². The van der Waals surface area contributed by atoms with E-state index in [9.17, 15) is 4.79 Å². The van der Waals surface area contributed by atoms with Gasteiger partial charge in [0.05, 0.1) is 0 Å². The van der Waals surface area contributed by atoms with Crippen molar-refractivity contribution in [1.29, 1.82) is 0 Å². The number of carbonyl (C=O) groups is 1. The molecule has 2 N–H and O–H groups in total. The van der Waals surface area contributed by atoms with E-state index in [1.807, 2.05) is 48.5 Å². The van der Waals surface area contributed by atoms with E-state index in [0.717, 1.165) is 54.0 Å². The van der Waals surface area contributed by atoms with Crippen LogP contribution in [0.3, 0.4) is 0 Å². The second-order valence-electron chi connectivity index (χ2n) is 7.25. The van der Waals surface area contributed by atoms with Gasteiger partial charge in [-0.15, -0.1) is 0 Å². The molecule has 1 aromatic heterocycles. The summed E-state index contributed by atoms with van der Waals surface area (Å²) in [4.78, 5) is 20.2. The molecule has 5 nitrogen and oxygen atoms in total. The number of benzene rings is 2. The highest BCUT2D eigenvalue weighted by molar-refractivity contribution is 6.30. The number of nitrogens with one attached hydrogen (secondary N) is 1. The first-order chi connectivity index (χ1) is 14.1. The highest BCUT2D eigenvalue weighted by atomic mass is 35.5. The molecule has 3 aromatic rings. The number of fused-ring (bicyclic) bond motifs is 1. The molecule has 0 saturated heterocycles. The molecule has 1 heterocycles. The third-order valence-corrected chi connectivity index (χ3v) is 5.32. The highest BCUT2D eigenvalue weighted by Crippen LogP contribution is 2.31. The molecule has 2 aromatic carbocycles. The van der Waals surface area contributed by atoms with Gasteiger partial charge in [-0.25, -0.2) is 9.97 Å². The van der Waals surface area contributed by atoms with E-state index in [-0.39, 0.29) is 6.42 Å². The zero-order valence-electron chi connectivity index (χ0n) is 16.0. The van der Waals surface area contributed by atoms with Crippen LogP contribution in [0.25, 0.3) is 11.4 Å². The van der Waals surface area contributed by atoms with Crippen molar-refractivity contribution in [2.45, 2.75) is 38.5 Å². The fourth-order valence-electron chi connectivity index (χ4n) is 3.63. The molecule has 1 aliphatic rings. The second kappa shape index (κ2) is 8.62. The zero-order chi connectivity index (χ0) is 20.2. The summed E-state index contributed by atoms with van der Waals surface area (Å²) in [6, 6.07) is 15.7. The van der Waals surface area contributed by atoms with Gasteiger partial charge in [-0.2, -0.15) is 0 Å². The Kier molecular flexibility index (Phi) is 5.76. The van der Waals surface area contributed by atoms with Gasteiger partial charge in [0.15, 0.2) is 5.82 Å². The van der Waals surface area contributed by atoms with E-state index in [1.54, 1.807) is 0 Å². The summed E-state index contributed by atoms with van der Waals surface area (Å²) >= 11 is 6.15. The Morgan fingerprint density at radius 1 is 1.10 bits per heavy atom. The van der Waals surface area contributed by atoms with Crippen molar-refractivity contribution in [2.75, 3.05) is 5.32 Å². The predicted octanol–water partition coefficient (Wildman–Crippen LogP) is 5.44. The Morgan fingerprint density at radius 2 is 1.93 bits per heavy atom. The van der Waals surface area contributed by atoms with Crippen LogP contribution in [-0.4, -0.2) is 21.0 Å². The zero-order valence-corrected chi connectivity index (χ0v) is 16.7. The van der Waals surface area contributed by atoms with Crippen LogP contribution in [-0.2, 0) is 24.1 Å². The number of hydrogen-bond donors (Lipinski definition) is 2. The SMILES string of the molecule is O=C(O)CCCc1ccc(Nc2nc(-c3cccc(Cl)c3)nc3c2CCC3)cc1. The molecule has 6 heteroatoms. The number of halogens is 1. The van der Waals surface area contributed by atoms with Crippen molar-refractivity contribution >= 4 is 29.1 Å². The van der Waals surface area contributed by atoms with Crippen molar-refractivity contribution in [3.63, 3.8) is 0 Å². The van der Waals surface area contributed by atoms with E-state index in [4.69, 9.17) is 26.7 Å². The summed E-state index contributed by atoms with van der Waals surface area (Å²) in [5.74, 6) is 0.776.